The van der Waals surface area contributed by atoms with Crippen LogP contribution in [-0.2, 0) is 4.79 Å². The van der Waals surface area contributed by atoms with E-state index in [1.54, 1.807) is 35.1 Å². The Labute approximate surface area is 152 Å². The lowest BCUT2D eigenvalue weighted by molar-refractivity contribution is -0.119. The molecule has 0 saturated carbocycles. The molecule has 0 spiro atoms. The Balaban J connectivity index is 1.57. The predicted octanol–water partition coefficient (Wildman–Crippen LogP) is 3.40. The molecule has 24 heavy (non-hydrogen) atoms. The van der Waals surface area contributed by atoms with Gasteiger partial charge in [-0.2, -0.15) is 4.98 Å². The highest BCUT2D eigenvalue weighted by molar-refractivity contribution is 7.99. The summed E-state index contributed by atoms with van der Waals surface area (Å²) in [6, 6.07) is 6.88. The van der Waals surface area contributed by atoms with E-state index in [2.05, 4.69) is 20.4 Å². The maximum atomic E-state index is 12.1. The number of thioether (sulfide) groups is 1. The van der Waals surface area contributed by atoms with Crippen LogP contribution in [0.2, 0.25) is 10.0 Å². The maximum absolute atomic E-state index is 12.1. The molecule has 0 saturated heterocycles. The van der Waals surface area contributed by atoms with Crippen molar-refractivity contribution in [1.29, 1.82) is 0 Å². The lowest BCUT2D eigenvalue weighted by Gasteiger charge is -2.14. The van der Waals surface area contributed by atoms with Gasteiger partial charge in [-0.1, -0.05) is 41.0 Å². The van der Waals surface area contributed by atoms with Crippen molar-refractivity contribution in [2.75, 3.05) is 5.75 Å². The zero-order valence-corrected chi connectivity index (χ0v) is 14.9. The summed E-state index contributed by atoms with van der Waals surface area (Å²) < 4.78 is 1.57. The van der Waals surface area contributed by atoms with Crippen molar-refractivity contribution in [1.82, 2.24) is 24.9 Å². The summed E-state index contributed by atoms with van der Waals surface area (Å²) in [4.78, 5) is 20.4. The first-order valence-corrected chi connectivity index (χ1v) is 8.81. The highest BCUT2D eigenvalue weighted by Gasteiger charge is 2.13. The number of hydrogen-bond donors (Lipinski definition) is 1. The van der Waals surface area contributed by atoms with Gasteiger partial charge in [-0.3, -0.25) is 4.79 Å². The average Bonchev–Trinajstić information content (AvgIpc) is 2.98. The summed E-state index contributed by atoms with van der Waals surface area (Å²) in [5, 5.41) is 8.60. The molecular formula is C15H13Cl2N5OS. The van der Waals surface area contributed by atoms with E-state index in [-0.39, 0.29) is 17.7 Å². The van der Waals surface area contributed by atoms with Gasteiger partial charge < -0.3 is 5.32 Å². The first kappa shape index (κ1) is 17.0. The van der Waals surface area contributed by atoms with Crippen LogP contribution in [0.5, 0.6) is 0 Å². The van der Waals surface area contributed by atoms with Crippen LogP contribution in [0.3, 0.4) is 0 Å². The second-order valence-corrected chi connectivity index (χ2v) is 6.77. The van der Waals surface area contributed by atoms with Gasteiger partial charge in [0.2, 0.25) is 11.1 Å². The molecule has 3 aromatic rings. The number of nitrogens with zero attached hydrogens (tertiary/aromatic N) is 4. The van der Waals surface area contributed by atoms with Crippen molar-refractivity contribution in [3.63, 3.8) is 0 Å². The van der Waals surface area contributed by atoms with Gasteiger partial charge in [0.1, 0.15) is 0 Å². The third-order valence-electron chi connectivity index (χ3n) is 3.25. The Morgan fingerprint density at radius 3 is 2.96 bits per heavy atom. The largest absolute Gasteiger partial charge is 0.349 e. The molecule has 1 aromatic carbocycles. The quantitative estimate of drug-likeness (QED) is 0.685. The lowest BCUT2D eigenvalue weighted by Crippen LogP contribution is -2.28. The van der Waals surface area contributed by atoms with Crippen LogP contribution in [0.25, 0.3) is 5.78 Å². The molecule has 124 valence electrons. The molecule has 2 heterocycles. The van der Waals surface area contributed by atoms with Gasteiger partial charge in [0, 0.05) is 12.4 Å². The number of amides is 1. The van der Waals surface area contributed by atoms with E-state index < -0.39 is 0 Å². The van der Waals surface area contributed by atoms with Crippen LogP contribution in [0.4, 0.5) is 0 Å². The summed E-state index contributed by atoms with van der Waals surface area (Å²) in [5.74, 6) is 0.595. The van der Waals surface area contributed by atoms with Crippen molar-refractivity contribution in [2.24, 2.45) is 0 Å². The number of carbonyl (C=O) groups is 1. The van der Waals surface area contributed by atoms with Gasteiger partial charge in [0.25, 0.3) is 5.78 Å². The van der Waals surface area contributed by atoms with Crippen LogP contribution < -0.4 is 5.32 Å². The van der Waals surface area contributed by atoms with Crippen LogP contribution in [0, 0.1) is 0 Å². The van der Waals surface area contributed by atoms with Crippen molar-refractivity contribution < 1.29 is 4.79 Å². The number of nitrogens with one attached hydrogen (secondary N) is 1. The van der Waals surface area contributed by atoms with Crippen molar-refractivity contribution in [3.8, 4) is 0 Å². The molecule has 0 aliphatic rings. The fourth-order valence-corrected chi connectivity index (χ4v) is 3.00. The van der Waals surface area contributed by atoms with Crippen LogP contribution in [-0.4, -0.2) is 31.2 Å². The smallest absolute Gasteiger partial charge is 0.253 e. The van der Waals surface area contributed by atoms with Gasteiger partial charge in [-0.25, -0.2) is 9.50 Å². The second-order valence-electron chi connectivity index (χ2n) is 5.01. The predicted molar refractivity (Wildman–Crippen MR) is 94.5 cm³/mol. The van der Waals surface area contributed by atoms with E-state index >= 15 is 0 Å². The number of benzene rings is 1. The molecule has 9 heteroatoms. The normalized spacial score (nSPS) is 12.3. The molecule has 0 aliphatic heterocycles. The van der Waals surface area contributed by atoms with Gasteiger partial charge in [-0.15, -0.1) is 5.10 Å². The van der Waals surface area contributed by atoms with E-state index in [9.17, 15) is 4.79 Å². The maximum Gasteiger partial charge on any atom is 0.253 e. The molecule has 6 nitrogen and oxygen atoms in total. The zero-order chi connectivity index (χ0) is 17.1. The van der Waals surface area contributed by atoms with Gasteiger partial charge in [0.05, 0.1) is 21.8 Å². The second kappa shape index (κ2) is 7.38. The van der Waals surface area contributed by atoms with Gasteiger partial charge in [-0.05, 0) is 30.7 Å². The third kappa shape index (κ3) is 3.98. The zero-order valence-electron chi connectivity index (χ0n) is 12.6. The van der Waals surface area contributed by atoms with Crippen LogP contribution in [0.15, 0.2) is 41.8 Å². The molecule has 2 aromatic heterocycles. The Kier molecular flexibility index (Phi) is 5.23. The highest BCUT2D eigenvalue weighted by atomic mass is 35.5. The molecule has 3 rings (SSSR count). The number of fused-ring (bicyclic) bond motifs is 1. The van der Waals surface area contributed by atoms with Crippen LogP contribution in [0.1, 0.15) is 18.5 Å². The summed E-state index contributed by atoms with van der Waals surface area (Å²) >= 11 is 13.2. The molecule has 0 radical (unpaired) electrons. The van der Waals surface area contributed by atoms with Gasteiger partial charge >= 0.3 is 0 Å². The van der Waals surface area contributed by atoms with Crippen molar-refractivity contribution in [3.05, 3.63) is 52.3 Å². The first-order chi connectivity index (χ1) is 11.5. The van der Waals surface area contributed by atoms with E-state index in [0.29, 0.717) is 21.0 Å². The van der Waals surface area contributed by atoms with Crippen LogP contribution >= 0.6 is 35.0 Å². The highest BCUT2D eigenvalue weighted by Crippen LogP contribution is 2.25. The standard InChI is InChI=1S/C15H13Cl2N5OS/c1-9(10-3-4-11(16)12(17)7-10)19-13(23)8-24-15-20-14-18-5-2-6-22(14)21-15/h2-7,9H,8H2,1H3,(H,19,23). The molecule has 1 atom stereocenters. The third-order valence-corrected chi connectivity index (χ3v) is 4.83. The molecule has 0 fully saturated rings. The summed E-state index contributed by atoms with van der Waals surface area (Å²) in [6.45, 7) is 1.88. The minimum Gasteiger partial charge on any atom is -0.349 e. The Hall–Kier alpha value is -1.83. The SMILES string of the molecule is CC(NC(=O)CSc1nc2ncccn2n1)c1ccc(Cl)c(Cl)c1. The monoisotopic (exact) mass is 381 g/mol. The summed E-state index contributed by atoms with van der Waals surface area (Å²) in [6.07, 6.45) is 3.40. The molecule has 0 bridgehead atoms. The molecule has 1 unspecified atom stereocenters. The minimum absolute atomic E-state index is 0.120. The Bertz CT molecular complexity index is 852. The van der Waals surface area contributed by atoms with E-state index in [1.165, 1.54) is 11.8 Å². The fourth-order valence-electron chi connectivity index (χ4n) is 2.05. The van der Waals surface area contributed by atoms with E-state index in [0.717, 1.165) is 5.56 Å². The Morgan fingerprint density at radius 1 is 1.38 bits per heavy atom. The number of aromatic nitrogens is 4. The number of halogens is 2. The number of rotatable bonds is 5. The van der Waals surface area contributed by atoms with E-state index in [1.807, 2.05) is 13.0 Å². The minimum atomic E-state index is -0.177. The fraction of sp³-hybridized carbons (Fsp3) is 0.200. The van der Waals surface area contributed by atoms with Gasteiger partial charge in [0.15, 0.2) is 0 Å². The summed E-state index contributed by atoms with van der Waals surface area (Å²) in [5.41, 5.74) is 0.887. The number of hydrogen-bond acceptors (Lipinski definition) is 5. The average molecular weight is 382 g/mol. The molecule has 0 aliphatic carbocycles. The first-order valence-electron chi connectivity index (χ1n) is 7.07. The number of carbonyl (C=O) groups excluding carboxylic acids is 1. The Morgan fingerprint density at radius 2 is 2.21 bits per heavy atom. The van der Waals surface area contributed by atoms with Crippen molar-refractivity contribution >= 4 is 46.6 Å². The molecule has 1 N–H and O–H groups in total. The van der Waals surface area contributed by atoms with Crippen molar-refractivity contribution in [2.45, 2.75) is 18.1 Å². The summed E-state index contributed by atoms with van der Waals surface area (Å²) in [7, 11) is 0. The molecular weight excluding hydrogens is 369 g/mol. The van der Waals surface area contributed by atoms with E-state index in [4.69, 9.17) is 23.2 Å². The molecule has 1 amide bonds. The topological polar surface area (TPSA) is 72.2 Å². The lowest BCUT2D eigenvalue weighted by atomic mass is 10.1.